The molecule has 4 rings (SSSR count). The summed E-state index contributed by atoms with van der Waals surface area (Å²) >= 11 is 1.50. The van der Waals surface area contributed by atoms with Crippen LogP contribution in [-0.2, 0) is 11.4 Å². The van der Waals surface area contributed by atoms with Crippen LogP contribution in [0.25, 0.3) is 0 Å². The predicted octanol–water partition coefficient (Wildman–Crippen LogP) is 2.87. The summed E-state index contributed by atoms with van der Waals surface area (Å²) in [6.07, 6.45) is 2.93. The highest BCUT2D eigenvalue weighted by atomic mass is 32.1. The minimum absolute atomic E-state index is 0.324. The van der Waals surface area contributed by atoms with E-state index in [0.717, 1.165) is 23.5 Å². The summed E-state index contributed by atoms with van der Waals surface area (Å²) in [5, 5.41) is 5.50. The van der Waals surface area contributed by atoms with Crippen LogP contribution in [0.5, 0.6) is 5.75 Å². The number of thiazole rings is 1. The second kappa shape index (κ2) is 7.82. The summed E-state index contributed by atoms with van der Waals surface area (Å²) in [5.41, 5.74) is 4.44. The van der Waals surface area contributed by atoms with E-state index < -0.39 is 17.5 Å². The highest BCUT2D eigenvalue weighted by Gasteiger charge is 2.52. The standard InChI is InChI=1S/C20H22N4O4S/c1-13-6-8-20(9-7-13)18(26)24(19(27)22-20)23-17(25)14-2-4-16(5-3-14)28-10-15-11-29-12-21-15/h2-5,11-13H,6-10H2,1H3,(H,22,27)(H,23,25). The maximum Gasteiger partial charge on any atom is 0.344 e. The molecule has 1 aromatic carbocycles. The van der Waals surface area contributed by atoms with Crippen molar-refractivity contribution in [3.63, 3.8) is 0 Å². The molecule has 1 aliphatic carbocycles. The van der Waals surface area contributed by atoms with Gasteiger partial charge < -0.3 is 10.1 Å². The number of nitrogens with zero attached hydrogens (tertiary/aromatic N) is 2. The minimum atomic E-state index is -0.885. The Hall–Kier alpha value is -2.94. The Morgan fingerprint density at radius 1 is 1.31 bits per heavy atom. The molecule has 2 N–H and O–H groups in total. The molecule has 2 fully saturated rings. The molecular formula is C20H22N4O4S. The Kier molecular flexibility index (Phi) is 5.23. The van der Waals surface area contributed by atoms with Crippen LogP contribution in [0, 0.1) is 5.92 Å². The SMILES string of the molecule is CC1CCC2(CC1)NC(=O)N(NC(=O)c1ccc(OCc3cscn3)cc1)C2=O. The maximum absolute atomic E-state index is 12.8. The van der Waals surface area contributed by atoms with Crippen molar-refractivity contribution in [1.82, 2.24) is 20.7 Å². The fourth-order valence-corrected chi connectivity index (χ4v) is 4.19. The monoisotopic (exact) mass is 414 g/mol. The zero-order valence-electron chi connectivity index (χ0n) is 16.0. The van der Waals surface area contributed by atoms with Gasteiger partial charge in [-0.25, -0.2) is 9.78 Å². The summed E-state index contributed by atoms with van der Waals surface area (Å²) in [4.78, 5) is 41.8. The molecule has 152 valence electrons. The highest BCUT2D eigenvalue weighted by Crippen LogP contribution is 2.35. The van der Waals surface area contributed by atoms with E-state index in [4.69, 9.17) is 4.74 Å². The number of rotatable bonds is 5. The van der Waals surface area contributed by atoms with Crippen molar-refractivity contribution < 1.29 is 19.1 Å². The molecule has 2 heterocycles. The van der Waals surface area contributed by atoms with Crippen LogP contribution in [0.3, 0.4) is 0 Å². The van der Waals surface area contributed by atoms with Crippen molar-refractivity contribution >= 4 is 29.2 Å². The summed E-state index contributed by atoms with van der Waals surface area (Å²) < 4.78 is 5.62. The molecule has 0 radical (unpaired) electrons. The van der Waals surface area contributed by atoms with Gasteiger partial charge in [0.05, 0.1) is 11.2 Å². The van der Waals surface area contributed by atoms with Crippen LogP contribution in [0.2, 0.25) is 0 Å². The number of carbonyl (C=O) groups excluding carboxylic acids is 3. The number of benzene rings is 1. The summed E-state index contributed by atoms with van der Waals surface area (Å²) in [7, 11) is 0. The number of ether oxygens (including phenoxy) is 1. The molecule has 8 nitrogen and oxygen atoms in total. The normalized spacial score (nSPS) is 23.9. The Balaban J connectivity index is 1.37. The van der Waals surface area contributed by atoms with Gasteiger partial charge in [0.15, 0.2) is 0 Å². The van der Waals surface area contributed by atoms with Gasteiger partial charge in [-0.2, -0.15) is 5.01 Å². The fourth-order valence-electron chi connectivity index (χ4n) is 3.65. The van der Waals surface area contributed by atoms with Gasteiger partial charge >= 0.3 is 6.03 Å². The topological polar surface area (TPSA) is 101 Å². The van der Waals surface area contributed by atoms with E-state index in [1.807, 2.05) is 5.38 Å². The molecule has 0 atom stereocenters. The minimum Gasteiger partial charge on any atom is -0.487 e. The van der Waals surface area contributed by atoms with Crippen LogP contribution in [0.4, 0.5) is 4.79 Å². The average Bonchev–Trinajstić information content (AvgIpc) is 3.32. The van der Waals surface area contributed by atoms with Gasteiger partial charge in [-0.1, -0.05) is 6.92 Å². The van der Waals surface area contributed by atoms with Crippen molar-refractivity contribution in [2.24, 2.45) is 5.92 Å². The molecule has 2 aliphatic rings. The van der Waals surface area contributed by atoms with Crippen molar-refractivity contribution in [2.45, 2.75) is 44.8 Å². The van der Waals surface area contributed by atoms with E-state index in [9.17, 15) is 14.4 Å². The van der Waals surface area contributed by atoms with Gasteiger partial charge in [-0.3, -0.25) is 15.0 Å². The number of nitrogens with one attached hydrogen (secondary N) is 2. The van der Waals surface area contributed by atoms with Gasteiger partial charge in [0, 0.05) is 10.9 Å². The van der Waals surface area contributed by atoms with E-state index in [1.165, 1.54) is 11.3 Å². The van der Waals surface area contributed by atoms with Gasteiger partial charge in [-0.15, -0.1) is 11.3 Å². The molecule has 1 aromatic heterocycles. The molecule has 4 amide bonds. The van der Waals surface area contributed by atoms with Gasteiger partial charge in [-0.05, 0) is 55.9 Å². The molecule has 29 heavy (non-hydrogen) atoms. The van der Waals surface area contributed by atoms with Crippen LogP contribution in [0.15, 0.2) is 35.2 Å². The number of amides is 4. The zero-order chi connectivity index (χ0) is 20.4. The third kappa shape index (κ3) is 3.95. The number of imide groups is 1. The van der Waals surface area contributed by atoms with E-state index in [1.54, 1.807) is 29.8 Å². The zero-order valence-corrected chi connectivity index (χ0v) is 16.8. The van der Waals surface area contributed by atoms with Crippen LogP contribution in [-0.4, -0.2) is 33.4 Å². The van der Waals surface area contributed by atoms with Gasteiger partial charge in [0.2, 0.25) is 0 Å². The second-order valence-corrected chi connectivity index (χ2v) is 8.29. The van der Waals surface area contributed by atoms with E-state index in [0.29, 0.717) is 36.7 Å². The number of carbonyl (C=O) groups is 3. The lowest BCUT2D eigenvalue weighted by atomic mass is 9.77. The molecule has 1 spiro atoms. The van der Waals surface area contributed by atoms with Crippen molar-refractivity contribution in [3.05, 3.63) is 46.4 Å². The first-order chi connectivity index (χ1) is 14.0. The summed E-state index contributed by atoms with van der Waals surface area (Å²) in [6, 6.07) is 5.92. The molecule has 0 unspecified atom stereocenters. The van der Waals surface area contributed by atoms with E-state index >= 15 is 0 Å². The van der Waals surface area contributed by atoms with Crippen LogP contribution >= 0.6 is 11.3 Å². The smallest absolute Gasteiger partial charge is 0.344 e. The van der Waals surface area contributed by atoms with Crippen molar-refractivity contribution in [1.29, 1.82) is 0 Å². The lowest BCUT2D eigenvalue weighted by Gasteiger charge is -2.33. The third-order valence-electron chi connectivity index (χ3n) is 5.49. The average molecular weight is 414 g/mol. The Morgan fingerprint density at radius 2 is 2.03 bits per heavy atom. The molecule has 1 saturated carbocycles. The third-order valence-corrected chi connectivity index (χ3v) is 6.12. The largest absolute Gasteiger partial charge is 0.487 e. The maximum atomic E-state index is 12.8. The number of urea groups is 1. The molecular weight excluding hydrogens is 392 g/mol. The molecule has 0 bridgehead atoms. The van der Waals surface area contributed by atoms with Crippen molar-refractivity contribution in [3.8, 4) is 5.75 Å². The number of hydrogen-bond acceptors (Lipinski definition) is 6. The van der Waals surface area contributed by atoms with Crippen molar-refractivity contribution in [2.75, 3.05) is 0 Å². The molecule has 9 heteroatoms. The number of hydrazine groups is 1. The lowest BCUT2D eigenvalue weighted by Crippen LogP contribution is -2.51. The Morgan fingerprint density at radius 3 is 2.69 bits per heavy atom. The molecule has 2 aromatic rings. The summed E-state index contributed by atoms with van der Waals surface area (Å²) in [5.74, 6) is 0.219. The quantitative estimate of drug-likeness (QED) is 0.733. The predicted molar refractivity (Wildman–Crippen MR) is 106 cm³/mol. The Bertz CT molecular complexity index is 905. The van der Waals surface area contributed by atoms with Crippen LogP contribution in [0.1, 0.15) is 48.7 Å². The number of aromatic nitrogens is 1. The van der Waals surface area contributed by atoms with Gasteiger partial charge in [0.25, 0.3) is 11.8 Å². The fraction of sp³-hybridized carbons (Fsp3) is 0.400. The van der Waals surface area contributed by atoms with Gasteiger partial charge in [0.1, 0.15) is 17.9 Å². The number of hydrogen-bond donors (Lipinski definition) is 2. The van der Waals surface area contributed by atoms with Crippen LogP contribution < -0.4 is 15.5 Å². The molecule has 1 aliphatic heterocycles. The first-order valence-corrected chi connectivity index (χ1v) is 10.5. The van der Waals surface area contributed by atoms with E-state index in [-0.39, 0.29) is 5.91 Å². The molecule has 1 saturated heterocycles. The second-order valence-electron chi connectivity index (χ2n) is 7.57. The Labute approximate surface area is 172 Å². The first-order valence-electron chi connectivity index (χ1n) is 9.54. The summed E-state index contributed by atoms with van der Waals surface area (Å²) in [6.45, 7) is 2.48. The van der Waals surface area contributed by atoms with E-state index in [2.05, 4.69) is 22.7 Å². The first kappa shape index (κ1) is 19.4. The highest BCUT2D eigenvalue weighted by molar-refractivity contribution is 7.07. The lowest BCUT2D eigenvalue weighted by molar-refractivity contribution is -0.134.